The van der Waals surface area contributed by atoms with Crippen molar-refractivity contribution in [3.05, 3.63) is 0 Å². The maximum Gasteiger partial charge on any atom is 0.240 e. The van der Waals surface area contributed by atoms with Gasteiger partial charge in [0.05, 0.1) is 0 Å². The molecule has 1 atom stereocenters. The van der Waals surface area contributed by atoms with E-state index >= 15 is 0 Å². The molecule has 2 rings (SSSR count). The summed E-state index contributed by atoms with van der Waals surface area (Å²) in [6.07, 6.45) is 5.85. The summed E-state index contributed by atoms with van der Waals surface area (Å²) < 4.78 is 0. The SMILES string of the molecule is CC1CCC(C(=O)N2CCC[C@@H]2C(N)=O)CC1. The summed E-state index contributed by atoms with van der Waals surface area (Å²) in [5, 5.41) is 0. The van der Waals surface area contributed by atoms with Gasteiger partial charge in [-0.25, -0.2) is 0 Å². The number of hydrogen-bond acceptors (Lipinski definition) is 2. The largest absolute Gasteiger partial charge is 0.368 e. The first-order valence-corrected chi connectivity index (χ1v) is 6.69. The molecule has 2 N–H and O–H groups in total. The van der Waals surface area contributed by atoms with E-state index in [4.69, 9.17) is 5.73 Å². The molecule has 0 aromatic rings. The fourth-order valence-electron chi connectivity index (χ4n) is 3.07. The first kappa shape index (κ1) is 12.4. The molecule has 1 aliphatic heterocycles. The lowest BCUT2D eigenvalue weighted by Crippen LogP contribution is -2.46. The van der Waals surface area contributed by atoms with Gasteiger partial charge < -0.3 is 10.6 Å². The van der Waals surface area contributed by atoms with E-state index in [2.05, 4.69) is 6.92 Å². The zero-order chi connectivity index (χ0) is 12.4. The number of carbonyl (C=O) groups is 2. The predicted molar refractivity (Wildman–Crippen MR) is 65.1 cm³/mol. The summed E-state index contributed by atoms with van der Waals surface area (Å²) in [7, 11) is 0. The zero-order valence-corrected chi connectivity index (χ0v) is 10.5. The van der Waals surface area contributed by atoms with Crippen molar-refractivity contribution in [2.45, 2.75) is 51.5 Å². The molecule has 1 heterocycles. The maximum atomic E-state index is 12.3. The molecular weight excluding hydrogens is 216 g/mol. The molecule has 1 saturated heterocycles. The number of likely N-dealkylation sites (tertiary alicyclic amines) is 1. The van der Waals surface area contributed by atoms with Crippen LogP contribution in [0, 0.1) is 11.8 Å². The van der Waals surface area contributed by atoms with E-state index in [0.29, 0.717) is 6.54 Å². The van der Waals surface area contributed by atoms with Crippen LogP contribution in [-0.2, 0) is 9.59 Å². The number of carbonyl (C=O) groups excluding carboxylic acids is 2. The molecule has 0 bridgehead atoms. The average Bonchev–Trinajstić information content (AvgIpc) is 2.78. The van der Waals surface area contributed by atoms with Crippen molar-refractivity contribution < 1.29 is 9.59 Å². The van der Waals surface area contributed by atoms with E-state index in [-0.39, 0.29) is 23.8 Å². The quantitative estimate of drug-likeness (QED) is 0.788. The summed E-state index contributed by atoms with van der Waals surface area (Å²) in [6, 6.07) is -0.346. The number of nitrogens with zero attached hydrogens (tertiary/aromatic N) is 1. The van der Waals surface area contributed by atoms with Crippen LogP contribution in [0.3, 0.4) is 0 Å². The van der Waals surface area contributed by atoms with Gasteiger partial charge in [-0.05, 0) is 44.4 Å². The third-order valence-corrected chi connectivity index (χ3v) is 4.23. The second kappa shape index (κ2) is 5.07. The van der Waals surface area contributed by atoms with E-state index in [9.17, 15) is 9.59 Å². The van der Waals surface area contributed by atoms with Crippen LogP contribution < -0.4 is 5.73 Å². The molecule has 96 valence electrons. The van der Waals surface area contributed by atoms with Gasteiger partial charge in [0.2, 0.25) is 11.8 Å². The number of nitrogens with two attached hydrogens (primary N) is 1. The van der Waals surface area contributed by atoms with Crippen molar-refractivity contribution in [1.29, 1.82) is 0 Å². The van der Waals surface area contributed by atoms with E-state index in [0.717, 1.165) is 44.4 Å². The molecule has 1 aliphatic carbocycles. The Labute approximate surface area is 103 Å². The molecule has 0 aromatic carbocycles. The van der Waals surface area contributed by atoms with Crippen LogP contribution in [-0.4, -0.2) is 29.3 Å². The third-order valence-electron chi connectivity index (χ3n) is 4.23. The van der Waals surface area contributed by atoms with Crippen molar-refractivity contribution in [3.63, 3.8) is 0 Å². The first-order valence-electron chi connectivity index (χ1n) is 6.69. The van der Waals surface area contributed by atoms with Crippen LogP contribution in [0.15, 0.2) is 0 Å². The molecule has 2 aliphatic rings. The standard InChI is InChI=1S/C13H22N2O2/c1-9-4-6-10(7-5-9)13(17)15-8-2-3-11(15)12(14)16/h9-11H,2-8H2,1H3,(H2,14,16)/t9?,10?,11-/m1/s1. The third kappa shape index (κ3) is 2.61. The lowest BCUT2D eigenvalue weighted by atomic mass is 9.82. The van der Waals surface area contributed by atoms with E-state index < -0.39 is 0 Å². The molecular formula is C13H22N2O2. The Bertz CT molecular complexity index is 309. The topological polar surface area (TPSA) is 63.4 Å². The molecule has 0 aromatic heterocycles. The minimum Gasteiger partial charge on any atom is -0.368 e. The van der Waals surface area contributed by atoms with Crippen LogP contribution in [0.4, 0.5) is 0 Å². The number of primary amides is 1. The lowest BCUT2D eigenvalue weighted by Gasteiger charge is -2.31. The first-order chi connectivity index (χ1) is 8.09. The van der Waals surface area contributed by atoms with Gasteiger partial charge in [0.25, 0.3) is 0 Å². The second-order valence-corrected chi connectivity index (χ2v) is 5.55. The Morgan fingerprint density at radius 3 is 2.35 bits per heavy atom. The Hall–Kier alpha value is -1.06. The van der Waals surface area contributed by atoms with Gasteiger partial charge in [-0.3, -0.25) is 9.59 Å². The Morgan fingerprint density at radius 1 is 1.12 bits per heavy atom. The highest BCUT2D eigenvalue weighted by atomic mass is 16.2. The fourth-order valence-corrected chi connectivity index (χ4v) is 3.07. The normalized spacial score (nSPS) is 33.7. The summed E-state index contributed by atoms with van der Waals surface area (Å²) in [6.45, 7) is 2.95. The minimum absolute atomic E-state index is 0.131. The van der Waals surface area contributed by atoms with Crippen molar-refractivity contribution in [2.75, 3.05) is 6.54 Å². The zero-order valence-electron chi connectivity index (χ0n) is 10.5. The van der Waals surface area contributed by atoms with Gasteiger partial charge in [-0.1, -0.05) is 6.92 Å². The van der Waals surface area contributed by atoms with Gasteiger partial charge in [0.15, 0.2) is 0 Å². The van der Waals surface area contributed by atoms with Crippen molar-refractivity contribution in [3.8, 4) is 0 Å². The monoisotopic (exact) mass is 238 g/mol. The minimum atomic E-state index is -0.347. The molecule has 0 unspecified atom stereocenters. The van der Waals surface area contributed by atoms with Crippen LogP contribution in [0.1, 0.15) is 45.4 Å². The van der Waals surface area contributed by atoms with Gasteiger partial charge >= 0.3 is 0 Å². The number of hydrogen-bond donors (Lipinski definition) is 1. The Balaban J connectivity index is 1.97. The van der Waals surface area contributed by atoms with Crippen LogP contribution in [0.2, 0.25) is 0 Å². The summed E-state index contributed by atoms with van der Waals surface area (Å²) in [4.78, 5) is 25.3. The fraction of sp³-hybridized carbons (Fsp3) is 0.846. The van der Waals surface area contributed by atoms with Crippen LogP contribution >= 0.6 is 0 Å². The number of rotatable bonds is 2. The van der Waals surface area contributed by atoms with Crippen molar-refractivity contribution in [2.24, 2.45) is 17.6 Å². The van der Waals surface area contributed by atoms with Gasteiger partial charge in [0.1, 0.15) is 6.04 Å². The van der Waals surface area contributed by atoms with E-state index in [1.165, 1.54) is 0 Å². The van der Waals surface area contributed by atoms with Crippen LogP contribution in [0.5, 0.6) is 0 Å². The summed E-state index contributed by atoms with van der Waals surface area (Å²) in [5.74, 6) is 0.689. The van der Waals surface area contributed by atoms with Crippen LogP contribution in [0.25, 0.3) is 0 Å². The lowest BCUT2D eigenvalue weighted by molar-refractivity contribution is -0.141. The molecule has 17 heavy (non-hydrogen) atoms. The molecule has 2 fully saturated rings. The van der Waals surface area contributed by atoms with Crippen molar-refractivity contribution >= 4 is 11.8 Å². The molecule has 4 heteroatoms. The molecule has 1 saturated carbocycles. The molecule has 0 spiro atoms. The van der Waals surface area contributed by atoms with E-state index in [1.807, 2.05) is 0 Å². The maximum absolute atomic E-state index is 12.3. The van der Waals surface area contributed by atoms with Gasteiger partial charge in [0, 0.05) is 12.5 Å². The highest BCUT2D eigenvalue weighted by molar-refractivity contribution is 5.88. The Morgan fingerprint density at radius 2 is 1.76 bits per heavy atom. The highest BCUT2D eigenvalue weighted by Crippen LogP contribution is 2.31. The van der Waals surface area contributed by atoms with E-state index in [1.54, 1.807) is 4.90 Å². The number of amides is 2. The molecule has 4 nitrogen and oxygen atoms in total. The van der Waals surface area contributed by atoms with Gasteiger partial charge in [-0.15, -0.1) is 0 Å². The highest BCUT2D eigenvalue weighted by Gasteiger charge is 2.36. The predicted octanol–water partition coefficient (Wildman–Crippen LogP) is 1.29. The van der Waals surface area contributed by atoms with Crippen molar-refractivity contribution in [1.82, 2.24) is 4.90 Å². The summed E-state index contributed by atoms with van der Waals surface area (Å²) >= 11 is 0. The summed E-state index contributed by atoms with van der Waals surface area (Å²) in [5.41, 5.74) is 5.34. The molecule has 2 amide bonds. The smallest absolute Gasteiger partial charge is 0.240 e. The second-order valence-electron chi connectivity index (χ2n) is 5.55. The molecule has 0 radical (unpaired) electrons. The van der Waals surface area contributed by atoms with Gasteiger partial charge in [-0.2, -0.15) is 0 Å². The average molecular weight is 238 g/mol. The Kier molecular flexibility index (Phi) is 3.69.